The average Bonchev–Trinajstić information content (AvgIpc) is 2.57. The van der Waals surface area contributed by atoms with Crippen molar-refractivity contribution in [3.63, 3.8) is 0 Å². The summed E-state index contributed by atoms with van der Waals surface area (Å²) in [5.41, 5.74) is 0. The summed E-state index contributed by atoms with van der Waals surface area (Å²) in [6.45, 7) is 14.0. The molecule has 0 bridgehead atoms. The fourth-order valence-electron chi connectivity index (χ4n) is 4.94. The van der Waals surface area contributed by atoms with Gasteiger partial charge in [0.15, 0.2) is 0 Å². The number of likely N-dealkylation sites (tertiary alicyclic amines) is 2. The van der Waals surface area contributed by atoms with Crippen molar-refractivity contribution < 1.29 is 0 Å². The maximum atomic E-state index is 3.51. The lowest BCUT2D eigenvalue weighted by atomic mass is 9.79. The fourth-order valence-corrected chi connectivity index (χ4v) is 4.94. The van der Waals surface area contributed by atoms with Crippen LogP contribution in [0.4, 0.5) is 0 Å². The largest absolute Gasteiger partial charge is 0.317 e. The second-order valence-corrected chi connectivity index (χ2v) is 8.30. The van der Waals surface area contributed by atoms with E-state index in [4.69, 9.17) is 0 Å². The number of rotatable bonds is 4. The molecule has 1 N–H and O–H groups in total. The Morgan fingerprint density at radius 3 is 2.00 bits per heavy atom. The molecule has 0 aromatic rings. The van der Waals surface area contributed by atoms with Gasteiger partial charge in [0.25, 0.3) is 0 Å². The van der Waals surface area contributed by atoms with Crippen LogP contribution in [0, 0.1) is 17.8 Å². The number of nitrogens with zero attached hydrogens (tertiary/aromatic N) is 2. The fraction of sp³-hybridized carbons (Fsp3) is 1.00. The van der Waals surface area contributed by atoms with E-state index in [0.29, 0.717) is 0 Å². The first-order valence-electron chi connectivity index (χ1n) is 9.89. The molecule has 0 spiro atoms. The zero-order valence-corrected chi connectivity index (χ0v) is 14.9. The van der Waals surface area contributed by atoms with Crippen LogP contribution in [-0.2, 0) is 0 Å². The lowest BCUT2D eigenvalue weighted by Gasteiger charge is -2.41. The van der Waals surface area contributed by atoms with E-state index in [-0.39, 0.29) is 0 Å². The summed E-state index contributed by atoms with van der Waals surface area (Å²) < 4.78 is 0. The van der Waals surface area contributed by atoms with Crippen LogP contribution in [0.15, 0.2) is 0 Å². The van der Waals surface area contributed by atoms with Gasteiger partial charge in [0.05, 0.1) is 0 Å². The van der Waals surface area contributed by atoms with Crippen molar-refractivity contribution in [3.8, 4) is 0 Å². The third kappa shape index (κ3) is 4.46. The molecule has 0 atom stereocenters. The molecule has 3 saturated heterocycles. The van der Waals surface area contributed by atoms with E-state index in [0.717, 1.165) is 23.8 Å². The molecule has 0 aromatic heterocycles. The Kier molecular flexibility index (Phi) is 6.17. The summed E-state index contributed by atoms with van der Waals surface area (Å²) in [5, 5.41) is 3.51. The molecule has 3 heterocycles. The molecule has 3 fully saturated rings. The molecule has 0 radical (unpaired) electrons. The molecular formula is C19H37N3. The van der Waals surface area contributed by atoms with E-state index in [2.05, 4.69) is 29.0 Å². The number of piperidine rings is 3. The van der Waals surface area contributed by atoms with E-state index in [9.17, 15) is 0 Å². The molecule has 0 aliphatic carbocycles. The molecule has 0 amide bonds. The molecule has 3 aliphatic heterocycles. The lowest BCUT2D eigenvalue weighted by Crippen LogP contribution is -2.44. The van der Waals surface area contributed by atoms with Gasteiger partial charge in [-0.25, -0.2) is 0 Å². The first kappa shape index (κ1) is 16.7. The van der Waals surface area contributed by atoms with Crippen molar-refractivity contribution in [2.24, 2.45) is 17.8 Å². The van der Waals surface area contributed by atoms with Crippen molar-refractivity contribution in [2.45, 2.75) is 58.4 Å². The Morgan fingerprint density at radius 2 is 1.41 bits per heavy atom. The maximum Gasteiger partial charge on any atom is 0.00385 e. The minimum atomic E-state index is 0.738. The Bertz CT molecular complexity index is 309. The molecule has 3 rings (SSSR count). The van der Waals surface area contributed by atoms with Gasteiger partial charge < -0.3 is 15.1 Å². The van der Waals surface area contributed by atoms with Crippen molar-refractivity contribution in [1.82, 2.24) is 15.1 Å². The van der Waals surface area contributed by atoms with Gasteiger partial charge in [-0.3, -0.25) is 0 Å². The Morgan fingerprint density at radius 1 is 0.818 bits per heavy atom. The quantitative estimate of drug-likeness (QED) is 0.861. The normalized spacial score (nSPS) is 28.5. The highest BCUT2D eigenvalue weighted by Crippen LogP contribution is 2.31. The summed E-state index contributed by atoms with van der Waals surface area (Å²) >= 11 is 0. The van der Waals surface area contributed by atoms with Crippen LogP contribution in [0.3, 0.4) is 0 Å². The third-order valence-electron chi connectivity index (χ3n) is 6.58. The predicted molar refractivity (Wildman–Crippen MR) is 94.2 cm³/mol. The summed E-state index contributed by atoms with van der Waals surface area (Å²) in [4.78, 5) is 5.44. The van der Waals surface area contributed by atoms with Gasteiger partial charge in [-0.1, -0.05) is 0 Å². The Labute approximate surface area is 137 Å². The highest BCUT2D eigenvalue weighted by molar-refractivity contribution is 4.83. The zero-order valence-electron chi connectivity index (χ0n) is 14.9. The summed E-state index contributed by atoms with van der Waals surface area (Å²) in [6, 6.07) is 0.738. The van der Waals surface area contributed by atoms with E-state index < -0.39 is 0 Å². The first-order valence-corrected chi connectivity index (χ1v) is 9.89. The topological polar surface area (TPSA) is 18.5 Å². The molecule has 3 nitrogen and oxygen atoms in total. The monoisotopic (exact) mass is 307 g/mol. The van der Waals surface area contributed by atoms with E-state index in [1.807, 2.05) is 0 Å². The smallest absolute Gasteiger partial charge is 0.00385 e. The van der Waals surface area contributed by atoms with Gasteiger partial charge in [0.2, 0.25) is 0 Å². The second kappa shape index (κ2) is 8.12. The molecule has 3 aliphatic rings. The standard InChI is InChI=1S/C19H37N3/c1-16(2)22-13-5-17(6-14-22)15-21-11-7-19(8-12-21)18-3-9-20-10-4-18/h16-20H,3-15H2,1-2H3. The van der Waals surface area contributed by atoms with Crippen molar-refractivity contribution in [3.05, 3.63) is 0 Å². The highest BCUT2D eigenvalue weighted by Gasteiger charge is 2.29. The summed E-state index contributed by atoms with van der Waals surface area (Å²) in [6.07, 6.45) is 8.64. The van der Waals surface area contributed by atoms with Crippen molar-refractivity contribution >= 4 is 0 Å². The molecule has 0 saturated carbocycles. The Balaban J connectivity index is 1.35. The van der Waals surface area contributed by atoms with Crippen LogP contribution in [0.5, 0.6) is 0 Å². The molecule has 0 aromatic carbocycles. The number of hydrogen-bond acceptors (Lipinski definition) is 3. The Hall–Kier alpha value is -0.120. The van der Waals surface area contributed by atoms with Gasteiger partial charge in [-0.15, -0.1) is 0 Å². The minimum absolute atomic E-state index is 0.738. The first-order chi connectivity index (χ1) is 10.7. The van der Waals surface area contributed by atoms with Crippen LogP contribution in [0.1, 0.15) is 52.4 Å². The SMILES string of the molecule is CC(C)N1CCC(CN2CCC(C3CCNCC3)CC2)CC1. The van der Waals surface area contributed by atoms with Crippen LogP contribution >= 0.6 is 0 Å². The molecule has 128 valence electrons. The van der Waals surface area contributed by atoms with E-state index in [1.165, 1.54) is 84.3 Å². The molecular weight excluding hydrogens is 270 g/mol. The lowest BCUT2D eigenvalue weighted by molar-refractivity contribution is 0.0882. The third-order valence-corrected chi connectivity index (χ3v) is 6.58. The average molecular weight is 308 g/mol. The van der Waals surface area contributed by atoms with Crippen molar-refractivity contribution in [1.29, 1.82) is 0 Å². The van der Waals surface area contributed by atoms with E-state index in [1.54, 1.807) is 0 Å². The van der Waals surface area contributed by atoms with Gasteiger partial charge in [0, 0.05) is 12.6 Å². The predicted octanol–water partition coefficient (Wildman–Crippen LogP) is 2.82. The van der Waals surface area contributed by atoms with Crippen molar-refractivity contribution in [2.75, 3.05) is 45.8 Å². The maximum absolute atomic E-state index is 3.51. The second-order valence-electron chi connectivity index (χ2n) is 8.30. The summed E-state index contributed by atoms with van der Waals surface area (Å²) in [5.74, 6) is 3.02. The number of hydrogen-bond donors (Lipinski definition) is 1. The van der Waals surface area contributed by atoms with E-state index >= 15 is 0 Å². The van der Waals surface area contributed by atoms with Gasteiger partial charge in [-0.05, 0) is 109 Å². The van der Waals surface area contributed by atoms with Crippen LogP contribution < -0.4 is 5.32 Å². The van der Waals surface area contributed by atoms with Crippen LogP contribution in [0.2, 0.25) is 0 Å². The molecule has 3 heteroatoms. The number of nitrogens with one attached hydrogen (secondary N) is 1. The molecule has 0 unspecified atom stereocenters. The van der Waals surface area contributed by atoms with Crippen LogP contribution in [-0.4, -0.2) is 61.7 Å². The van der Waals surface area contributed by atoms with Crippen LogP contribution in [0.25, 0.3) is 0 Å². The van der Waals surface area contributed by atoms with Gasteiger partial charge >= 0.3 is 0 Å². The highest BCUT2D eigenvalue weighted by atomic mass is 15.2. The summed E-state index contributed by atoms with van der Waals surface area (Å²) in [7, 11) is 0. The van der Waals surface area contributed by atoms with Gasteiger partial charge in [0.1, 0.15) is 0 Å². The minimum Gasteiger partial charge on any atom is -0.317 e. The van der Waals surface area contributed by atoms with Gasteiger partial charge in [-0.2, -0.15) is 0 Å². The molecule has 22 heavy (non-hydrogen) atoms. The zero-order chi connectivity index (χ0) is 15.4.